The van der Waals surface area contributed by atoms with Crippen molar-refractivity contribution in [2.45, 2.75) is 52.6 Å². The van der Waals surface area contributed by atoms with Crippen molar-refractivity contribution in [3.8, 4) is 0 Å². The Morgan fingerprint density at radius 3 is 2.55 bits per heavy atom. The molecule has 3 heteroatoms. The van der Waals surface area contributed by atoms with Gasteiger partial charge < -0.3 is 10.2 Å². The Balaban J connectivity index is 2.67. The average molecular weight is 297 g/mol. The molecule has 1 aromatic rings. The van der Waals surface area contributed by atoms with E-state index < -0.39 is 0 Å². The normalized spacial score (nSPS) is 14.5. The van der Waals surface area contributed by atoms with Gasteiger partial charge in [0.15, 0.2) is 0 Å². The van der Waals surface area contributed by atoms with Gasteiger partial charge >= 0.3 is 0 Å². The molecule has 0 aliphatic carbocycles. The van der Waals surface area contributed by atoms with Crippen LogP contribution >= 0.6 is 11.6 Å². The number of halogens is 1. The SMILES string of the molecule is CCNC(CCN(CC)C(C)CC)c1cccc(Cl)c1. The second-order valence-corrected chi connectivity index (χ2v) is 5.78. The molecule has 1 rings (SSSR count). The summed E-state index contributed by atoms with van der Waals surface area (Å²) in [5.41, 5.74) is 1.29. The lowest BCUT2D eigenvalue weighted by Crippen LogP contribution is -2.35. The number of rotatable bonds is 9. The molecule has 20 heavy (non-hydrogen) atoms. The monoisotopic (exact) mass is 296 g/mol. The lowest BCUT2D eigenvalue weighted by atomic mass is 10.0. The molecule has 1 aromatic carbocycles. The first-order valence-corrected chi connectivity index (χ1v) is 8.23. The molecule has 0 spiro atoms. The molecular formula is C17H29ClN2. The lowest BCUT2D eigenvalue weighted by molar-refractivity contribution is 0.203. The van der Waals surface area contributed by atoms with E-state index in [0.717, 1.165) is 31.1 Å². The van der Waals surface area contributed by atoms with Crippen molar-refractivity contribution in [1.29, 1.82) is 0 Å². The van der Waals surface area contributed by atoms with Crippen LogP contribution in [0.4, 0.5) is 0 Å². The predicted molar refractivity (Wildman–Crippen MR) is 89.5 cm³/mol. The van der Waals surface area contributed by atoms with Crippen molar-refractivity contribution in [3.63, 3.8) is 0 Å². The van der Waals surface area contributed by atoms with E-state index in [-0.39, 0.29) is 0 Å². The van der Waals surface area contributed by atoms with Crippen LogP contribution in [-0.2, 0) is 0 Å². The van der Waals surface area contributed by atoms with Gasteiger partial charge in [0.05, 0.1) is 0 Å². The maximum atomic E-state index is 6.11. The van der Waals surface area contributed by atoms with E-state index in [1.54, 1.807) is 0 Å². The van der Waals surface area contributed by atoms with Crippen LogP contribution in [0, 0.1) is 0 Å². The minimum absolute atomic E-state index is 0.386. The molecule has 0 fully saturated rings. The summed E-state index contributed by atoms with van der Waals surface area (Å²) < 4.78 is 0. The Morgan fingerprint density at radius 2 is 2.00 bits per heavy atom. The van der Waals surface area contributed by atoms with Crippen LogP contribution < -0.4 is 5.32 Å². The highest BCUT2D eigenvalue weighted by atomic mass is 35.5. The van der Waals surface area contributed by atoms with Crippen LogP contribution in [0.3, 0.4) is 0 Å². The third-order valence-electron chi connectivity index (χ3n) is 4.03. The zero-order valence-corrected chi connectivity index (χ0v) is 14.1. The quantitative estimate of drug-likeness (QED) is 0.722. The van der Waals surface area contributed by atoms with E-state index in [9.17, 15) is 0 Å². The highest BCUT2D eigenvalue weighted by molar-refractivity contribution is 6.30. The van der Waals surface area contributed by atoms with E-state index in [1.165, 1.54) is 12.0 Å². The predicted octanol–water partition coefficient (Wildman–Crippen LogP) is 4.50. The Hall–Kier alpha value is -0.570. The van der Waals surface area contributed by atoms with Crippen LogP contribution in [0.5, 0.6) is 0 Å². The fraction of sp³-hybridized carbons (Fsp3) is 0.647. The standard InChI is InChI=1S/C17H29ClN2/c1-5-14(4)20(7-3)12-11-17(19-6-2)15-9-8-10-16(18)13-15/h8-10,13-14,17,19H,5-7,11-12H2,1-4H3. The second-order valence-electron chi connectivity index (χ2n) is 5.34. The molecule has 0 aromatic heterocycles. The van der Waals surface area contributed by atoms with Crippen molar-refractivity contribution in [1.82, 2.24) is 10.2 Å². The average Bonchev–Trinajstić information content (AvgIpc) is 2.46. The summed E-state index contributed by atoms with van der Waals surface area (Å²) in [6.45, 7) is 12.2. The van der Waals surface area contributed by atoms with Crippen molar-refractivity contribution in [2.24, 2.45) is 0 Å². The molecule has 0 saturated heterocycles. The zero-order valence-electron chi connectivity index (χ0n) is 13.3. The second kappa shape index (κ2) is 9.38. The topological polar surface area (TPSA) is 15.3 Å². The summed E-state index contributed by atoms with van der Waals surface area (Å²) in [6.07, 6.45) is 2.32. The third kappa shape index (κ3) is 5.43. The minimum atomic E-state index is 0.386. The highest BCUT2D eigenvalue weighted by Gasteiger charge is 2.15. The van der Waals surface area contributed by atoms with Gasteiger partial charge in [-0.25, -0.2) is 0 Å². The first-order chi connectivity index (χ1) is 9.62. The minimum Gasteiger partial charge on any atom is -0.310 e. The summed E-state index contributed by atoms with van der Waals surface area (Å²) in [5.74, 6) is 0. The molecule has 0 saturated carbocycles. The lowest BCUT2D eigenvalue weighted by Gasteiger charge is -2.29. The van der Waals surface area contributed by atoms with Crippen LogP contribution in [0.2, 0.25) is 5.02 Å². The maximum Gasteiger partial charge on any atom is 0.0409 e. The van der Waals surface area contributed by atoms with Gasteiger partial charge in [-0.05, 0) is 50.6 Å². The van der Waals surface area contributed by atoms with E-state index in [0.29, 0.717) is 12.1 Å². The largest absolute Gasteiger partial charge is 0.310 e. The van der Waals surface area contributed by atoms with Crippen LogP contribution in [0.15, 0.2) is 24.3 Å². The van der Waals surface area contributed by atoms with Gasteiger partial charge in [-0.1, -0.05) is 44.5 Å². The Labute approximate surface area is 129 Å². The first kappa shape index (κ1) is 17.5. The molecule has 0 aliphatic rings. The highest BCUT2D eigenvalue weighted by Crippen LogP contribution is 2.21. The third-order valence-corrected chi connectivity index (χ3v) is 4.26. The number of benzene rings is 1. The number of nitrogens with one attached hydrogen (secondary N) is 1. The molecule has 0 amide bonds. The van der Waals surface area contributed by atoms with E-state index in [4.69, 9.17) is 11.6 Å². The molecule has 1 N–H and O–H groups in total. The maximum absolute atomic E-state index is 6.11. The van der Waals surface area contributed by atoms with Crippen LogP contribution in [0.25, 0.3) is 0 Å². The van der Waals surface area contributed by atoms with Crippen molar-refractivity contribution in [3.05, 3.63) is 34.9 Å². The smallest absolute Gasteiger partial charge is 0.0409 e. The summed E-state index contributed by atoms with van der Waals surface area (Å²) in [4.78, 5) is 2.55. The van der Waals surface area contributed by atoms with Gasteiger partial charge in [-0.2, -0.15) is 0 Å². The molecule has 0 radical (unpaired) electrons. The summed E-state index contributed by atoms with van der Waals surface area (Å²) >= 11 is 6.11. The Kier molecular flexibility index (Phi) is 8.20. The molecule has 2 nitrogen and oxygen atoms in total. The number of hydrogen-bond donors (Lipinski definition) is 1. The van der Waals surface area contributed by atoms with Gasteiger partial charge in [0.1, 0.15) is 0 Å². The van der Waals surface area contributed by atoms with Crippen molar-refractivity contribution >= 4 is 11.6 Å². The molecular weight excluding hydrogens is 268 g/mol. The van der Waals surface area contributed by atoms with E-state index in [2.05, 4.69) is 50.0 Å². The summed E-state index contributed by atoms with van der Waals surface area (Å²) in [6, 6.07) is 9.26. The van der Waals surface area contributed by atoms with Crippen molar-refractivity contribution < 1.29 is 0 Å². The first-order valence-electron chi connectivity index (χ1n) is 7.85. The molecule has 114 valence electrons. The fourth-order valence-electron chi connectivity index (χ4n) is 2.60. The molecule has 2 unspecified atom stereocenters. The Bertz CT molecular complexity index is 381. The van der Waals surface area contributed by atoms with Gasteiger partial charge in [0.25, 0.3) is 0 Å². The van der Waals surface area contributed by atoms with Gasteiger partial charge in [0, 0.05) is 23.7 Å². The summed E-state index contributed by atoms with van der Waals surface area (Å²) in [5, 5.41) is 4.40. The van der Waals surface area contributed by atoms with Crippen molar-refractivity contribution in [2.75, 3.05) is 19.6 Å². The number of hydrogen-bond acceptors (Lipinski definition) is 2. The van der Waals surface area contributed by atoms with Gasteiger partial charge in [0.2, 0.25) is 0 Å². The van der Waals surface area contributed by atoms with Gasteiger partial charge in [-0.3, -0.25) is 0 Å². The van der Waals surface area contributed by atoms with Gasteiger partial charge in [-0.15, -0.1) is 0 Å². The molecule has 2 atom stereocenters. The van der Waals surface area contributed by atoms with E-state index in [1.807, 2.05) is 12.1 Å². The summed E-state index contributed by atoms with van der Waals surface area (Å²) in [7, 11) is 0. The molecule has 0 aliphatic heterocycles. The zero-order chi connectivity index (χ0) is 15.0. The fourth-order valence-corrected chi connectivity index (χ4v) is 2.80. The van der Waals surface area contributed by atoms with Crippen LogP contribution in [-0.4, -0.2) is 30.6 Å². The molecule has 0 bridgehead atoms. The molecule has 0 heterocycles. The van der Waals surface area contributed by atoms with E-state index >= 15 is 0 Å². The number of nitrogens with zero attached hydrogens (tertiary/aromatic N) is 1. The van der Waals surface area contributed by atoms with Crippen LogP contribution in [0.1, 0.15) is 52.1 Å². The Morgan fingerprint density at radius 1 is 1.25 bits per heavy atom.